The third kappa shape index (κ3) is 35.8. The Hall–Kier alpha value is -15.3. The van der Waals surface area contributed by atoms with Crippen molar-refractivity contribution in [1.29, 1.82) is 0 Å². The van der Waals surface area contributed by atoms with E-state index in [4.69, 9.17) is 6.85 Å². The summed E-state index contributed by atoms with van der Waals surface area (Å²) in [5.74, 6) is 0. The van der Waals surface area contributed by atoms with Gasteiger partial charge in [0.15, 0.2) is 0 Å². The molecule has 5 radical (unpaired) electrons. The first-order chi connectivity index (χ1) is 73.0. The van der Waals surface area contributed by atoms with E-state index in [0.717, 1.165) is 107 Å². The van der Waals surface area contributed by atoms with Gasteiger partial charge in [0.25, 0.3) is 0 Å². The molecule has 9 nitrogen and oxygen atoms in total. The van der Waals surface area contributed by atoms with Crippen molar-refractivity contribution in [1.82, 2.24) is 44.9 Å². The molecule has 0 amide bonds. The number of hydrogen-bond acceptors (Lipinski definition) is 9. The van der Waals surface area contributed by atoms with Crippen LogP contribution in [0.1, 0.15) is 40.2 Å². The maximum Gasteiger partial charge on any atom is 0.0629 e. The van der Waals surface area contributed by atoms with Crippen LogP contribution in [0.5, 0.6) is 0 Å². The van der Waals surface area contributed by atoms with E-state index in [1.54, 1.807) is 30.9 Å². The van der Waals surface area contributed by atoms with Gasteiger partial charge < -0.3 is 44.9 Å². The van der Waals surface area contributed by atoms with E-state index in [0.29, 0.717) is 5.56 Å². The molecule has 0 aliphatic carbocycles. The molecule has 23 rings (SSSR count). The Morgan fingerprint density at radius 2 is 0.470 bits per heavy atom. The molecule has 9 aromatic heterocycles. The Labute approximate surface area is 952 Å². The van der Waals surface area contributed by atoms with Crippen molar-refractivity contribution in [2.45, 2.75) is 41.5 Å². The van der Waals surface area contributed by atoms with Crippen LogP contribution >= 0.6 is 0 Å². The van der Waals surface area contributed by atoms with Crippen molar-refractivity contribution in [3.05, 3.63) is 611 Å². The molecule has 743 valence electrons. The van der Waals surface area contributed by atoms with E-state index in [9.17, 15) is 0 Å². The van der Waals surface area contributed by atoms with Gasteiger partial charge in [-0.15, -0.1) is 323 Å². The van der Waals surface area contributed by atoms with Gasteiger partial charge in [-0.2, -0.15) is 0 Å². The molecule has 9 heterocycles. The monoisotopic (exact) mass is 2820 g/mol. The molecule has 0 N–H and O–H groups in total. The van der Waals surface area contributed by atoms with Gasteiger partial charge in [-0.3, -0.25) is 0 Å². The summed E-state index contributed by atoms with van der Waals surface area (Å²) in [6.07, 6.45) is 16.3. The van der Waals surface area contributed by atoms with E-state index >= 15 is 0 Å². The number of aromatic nitrogens is 9. The summed E-state index contributed by atoms with van der Waals surface area (Å²) in [6, 6.07) is 171. The number of rotatable bonds is 14. The van der Waals surface area contributed by atoms with Gasteiger partial charge in [0, 0.05) is 173 Å². The quantitative estimate of drug-likeness (QED) is 0.0981. The summed E-state index contributed by atoms with van der Waals surface area (Å²) < 4.78 is 39.4. The van der Waals surface area contributed by atoms with E-state index in [1.165, 1.54) is 72.3 Å². The molecule has 0 aliphatic heterocycles. The fraction of sp³-hybridized carbons (Fsp3) is 0.0444. The number of aryl methyl sites for hydroxylation is 6. The molecule has 0 saturated carbocycles. The molecule has 23 aromatic rings. The second-order valence-electron chi connectivity index (χ2n) is 32.7. The number of pyridine rings is 9. The van der Waals surface area contributed by atoms with Gasteiger partial charge in [0.05, 0.1) is 6.85 Å². The standard InChI is InChI=1S/4C18H14N.C17H12N.2C12H10N.2C11H8N.5Ir/c3*1-14-12-18(16-10-6-3-7-11-16)19-13-17(14)15-8-4-2-5-9-15;1-14-7-9-15(10-8-14)17-11-12-19-18(13-17)16-5-3-2-4-6-16;1-3-7-14(8-4-1)16-11-12-18-17(13-16)15-9-5-2-6-10-15;1-10-6-2-3-7-11(10)12-8-4-5-9-13-12;1-10-6-5-9-13-12(10)11-7-3-2-4-8-11;2*1-2-6-10(7-3-1)11-8-4-5-9-12-11;;;;;/h3*2-10,12-13H,1H3;2-5,7-13H,1H3;1-9,11-13H;2-6,8-9H,1H3;2-7,9H,1H3;2*1-6,8-9H;;;;;/q9*-1;;;;;/i2D,4D,5D,8D,9D;;;;;;;;;;;;;. The van der Waals surface area contributed by atoms with Crippen LogP contribution in [-0.2, 0) is 101 Å². The van der Waals surface area contributed by atoms with Gasteiger partial charge >= 0.3 is 0 Å². The average Bonchev–Trinajstić information content (AvgIpc) is 0.766. The van der Waals surface area contributed by atoms with Crippen LogP contribution < -0.4 is 0 Å². The molecule has 0 atom stereocenters. The number of nitrogens with zero attached hydrogens (tertiary/aromatic N) is 9. The first-order valence-corrected chi connectivity index (χ1v) is 47.1. The van der Waals surface area contributed by atoms with Gasteiger partial charge in [-0.1, -0.05) is 236 Å². The summed E-state index contributed by atoms with van der Waals surface area (Å²) in [5, 5.41) is 0. The fourth-order valence-electron chi connectivity index (χ4n) is 15.0. The molecular formula is C135H104Ir5N9-9. The van der Waals surface area contributed by atoms with E-state index in [-0.39, 0.29) is 130 Å². The predicted molar refractivity (Wildman–Crippen MR) is 592 cm³/mol. The normalized spacial score (nSPS) is 10.3. The second-order valence-corrected chi connectivity index (χ2v) is 32.7. The van der Waals surface area contributed by atoms with Crippen molar-refractivity contribution < 1.29 is 107 Å². The zero-order chi connectivity index (χ0) is 104. The van der Waals surface area contributed by atoms with Crippen LogP contribution in [0.4, 0.5) is 0 Å². The zero-order valence-corrected chi connectivity index (χ0v) is 94.4. The Morgan fingerprint density at radius 1 is 0.181 bits per heavy atom. The predicted octanol–water partition coefficient (Wildman–Crippen LogP) is 33.1. The van der Waals surface area contributed by atoms with Gasteiger partial charge in [0.2, 0.25) is 0 Å². The van der Waals surface area contributed by atoms with E-state index < -0.39 is 6.04 Å². The van der Waals surface area contributed by atoms with Crippen molar-refractivity contribution in [3.8, 4) is 157 Å². The Balaban J connectivity index is 0.000000177. The van der Waals surface area contributed by atoms with Crippen molar-refractivity contribution in [2.24, 2.45) is 0 Å². The number of hydrogen-bond donors (Lipinski definition) is 0. The van der Waals surface area contributed by atoms with Crippen LogP contribution in [0.3, 0.4) is 0 Å². The maximum absolute atomic E-state index is 8.08. The Bertz CT molecular complexity index is 7630. The SMILES string of the molecule is Cc1cc(-c2[c-]cccc2)ncc1-c1ccccc1.Cc1cc(-c2[c-]cccc2)ncc1-c1ccccc1.Cc1ccc(-c2ccnc(-c3[c-]cccc3)c2)cc1.Cc1ccc[c-]c1-c1ccccn1.Cc1cccnc1-c1[c-]cccc1.[2H]c1c([2H])c([2H])c(-c2cnc(-c3[c-]cccc3)cc2C)c([2H])c1[2H].[Ir].[Ir].[Ir].[Ir].[Ir].[c-]1ccccc1-c1cc(-c2ccccc2)ccn1.[c-]1ccccc1-c1ccccn1.[c-]1ccccc1-c1ccccn1. The van der Waals surface area contributed by atoms with E-state index in [1.807, 2.05) is 372 Å². The fourth-order valence-corrected chi connectivity index (χ4v) is 15.0. The van der Waals surface area contributed by atoms with Crippen molar-refractivity contribution in [2.75, 3.05) is 0 Å². The van der Waals surface area contributed by atoms with Gasteiger partial charge in [-0.05, 0) is 178 Å². The zero-order valence-electron chi connectivity index (χ0n) is 87.5. The van der Waals surface area contributed by atoms with Crippen LogP contribution in [0.25, 0.3) is 157 Å². The summed E-state index contributed by atoms with van der Waals surface area (Å²) >= 11 is 0. The second kappa shape index (κ2) is 63.3. The molecule has 0 unspecified atom stereocenters. The minimum atomic E-state index is -0.394. The molecule has 0 bridgehead atoms. The minimum absolute atomic E-state index is 0. The number of benzene rings is 14. The first kappa shape index (κ1) is 108. The Kier molecular flexibility index (Phi) is 45.8. The van der Waals surface area contributed by atoms with Gasteiger partial charge in [0.1, 0.15) is 0 Å². The van der Waals surface area contributed by atoms with E-state index in [2.05, 4.69) is 231 Å². The third-order valence-corrected chi connectivity index (χ3v) is 22.5. The molecule has 0 fully saturated rings. The summed E-state index contributed by atoms with van der Waals surface area (Å²) in [4.78, 5) is 39.3. The molecule has 149 heavy (non-hydrogen) atoms. The third-order valence-electron chi connectivity index (χ3n) is 22.5. The van der Waals surface area contributed by atoms with Crippen LogP contribution in [0, 0.1) is 96.1 Å². The van der Waals surface area contributed by atoms with Crippen LogP contribution in [0.15, 0.2) is 523 Å². The van der Waals surface area contributed by atoms with Crippen molar-refractivity contribution >= 4 is 0 Å². The molecule has 0 saturated heterocycles. The van der Waals surface area contributed by atoms with Crippen LogP contribution in [-0.4, -0.2) is 44.9 Å². The molecule has 14 heteroatoms. The molecule has 14 aromatic carbocycles. The van der Waals surface area contributed by atoms with Gasteiger partial charge in [-0.25, -0.2) is 0 Å². The smallest absolute Gasteiger partial charge is 0.0629 e. The summed E-state index contributed by atoms with van der Waals surface area (Å²) in [5.41, 5.74) is 34.9. The summed E-state index contributed by atoms with van der Waals surface area (Å²) in [7, 11) is 0. The largest absolute Gasteiger partial charge is 0.305 e. The first-order valence-electron chi connectivity index (χ1n) is 49.6. The van der Waals surface area contributed by atoms with Crippen LogP contribution in [0.2, 0.25) is 0 Å². The average molecular weight is 2820 g/mol. The maximum atomic E-state index is 8.08. The molecule has 0 aliphatic rings. The summed E-state index contributed by atoms with van der Waals surface area (Å²) in [6.45, 7) is 12.3. The Morgan fingerprint density at radius 3 is 0.799 bits per heavy atom. The minimum Gasteiger partial charge on any atom is -0.305 e. The molecular weight excluding hydrogens is 2710 g/mol. The topological polar surface area (TPSA) is 116 Å². The van der Waals surface area contributed by atoms with Crippen molar-refractivity contribution in [3.63, 3.8) is 0 Å². The molecule has 0 spiro atoms.